The highest BCUT2D eigenvalue weighted by Gasteiger charge is 2.50. The van der Waals surface area contributed by atoms with E-state index in [0.717, 1.165) is 29.2 Å². The summed E-state index contributed by atoms with van der Waals surface area (Å²) < 4.78 is 0. The summed E-state index contributed by atoms with van der Waals surface area (Å²) >= 11 is 0. The Bertz CT molecular complexity index is 235. The van der Waals surface area contributed by atoms with E-state index in [4.69, 9.17) is 0 Å². The fourth-order valence-electron chi connectivity index (χ4n) is 5.76. The van der Waals surface area contributed by atoms with Crippen LogP contribution in [-0.2, 0) is 0 Å². The first-order valence-corrected chi connectivity index (χ1v) is 7.90. The summed E-state index contributed by atoms with van der Waals surface area (Å²) in [7, 11) is 2.17. The van der Waals surface area contributed by atoms with Crippen LogP contribution in [0.3, 0.4) is 0 Å². The van der Waals surface area contributed by atoms with Crippen molar-refractivity contribution in [1.29, 1.82) is 0 Å². The molecule has 1 heteroatoms. The maximum absolute atomic E-state index is 3.58. The van der Waals surface area contributed by atoms with E-state index in [1.807, 2.05) is 0 Å². The van der Waals surface area contributed by atoms with E-state index in [0.29, 0.717) is 0 Å². The highest BCUT2D eigenvalue weighted by molar-refractivity contribution is 5.02. The minimum atomic E-state index is 0.762. The van der Waals surface area contributed by atoms with Gasteiger partial charge in [0, 0.05) is 6.04 Å². The summed E-state index contributed by atoms with van der Waals surface area (Å²) in [5, 5.41) is 3.58. The average Bonchev–Trinajstić information content (AvgIpc) is 2.26. The Morgan fingerprint density at radius 3 is 2.00 bits per heavy atom. The highest BCUT2D eigenvalue weighted by Crippen LogP contribution is 2.61. The fraction of sp³-hybridized carbons (Fsp3) is 1.00. The number of rotatable bonds is 5. The van der Waals surface area contributed by atoms with Crippen molar-refractivity contribution >= 4 is 0 Å². The molecule has 0 aromatic heterocycles. The van der Waals surface area contributed by atoms with Crippen LogP contribution in [0.2, 0.25) is 0 Å². The van der Waals surface area contributed by atoms with Crippen molar-refractivity contribution < 1.29 is 0 Å². The van der Waals surface area contributed by atoms with E-state index < -0.39 is 0 Å². The van der Waals surface area contributed by atoms with Crippen molar-refractivity contribution in [2.75, 3.05) is 7.05 Å². The summed E-state index contributed by atoms with van der Waals surface area (Å²) in [4.78, 5) is 0. The molecule has 17 heavy (non-hydrogen) atoms. The van der Waals surface area contributed by atoms with Crippen LogP contribution in [0, 0.1) is 23.2 Å². The summed E-state index contributed by atoms with van der Waals surface area (Å²) in [6.07, 6.45) is 13.6. The van der Waals surface area contributed by atoms with Crippen LogP contribution < -0.4 is 5.32 Å². The first-order chi connectivity index (χ1) is 8.23. The molecule has 98 valence electrons. The predicted octanol–water partition coefficient (Wildman–Crippen LogP) is 3.98. The molecule has 0 aromatic rings. The van der Waals surface area contributed by atoms with Crippen molar-refractivity contribution in [1.82, 2.24) is 5.32 Å². The van der Waals surface area contributed by atoms with Gasteiger partial charge < -0.3 is 5.32 Å². The van der Waals surface area contributed by atoms with E-state index in [9.17, 15) is 0 Å². The van der Waals surface area contributed by atoms with E-state index in [2.05, 4.69) is 19.3 Å². The second-order valence-corrected chi connectivity index (χ2v) is 7.40. The molecule has 4 saturated carbocycles. The van der Waals surface area contributed by atoms with Gasteiger partial charge >= 0.3 is 0 Å². The van der Waals surface area contributed by atoms with Crippen LogP contribution in [0.4, 0.5) is 0 Å². The molecule has 0 aromatic carbocycles. The molecule has 4 rings (SSSR count). The van der Waals surface area contributed by atoms with Gasteiger partial charge in [0.25, 0.3) is 0 Å². The molecular formula is C16H29N. The Hall–Kier alpha value is -0.0400. The summed E-state index contributed by atoms with van der Waals surface area (Å²) in [6.45, 7) is 2.32. The largest absolute Gasteiger partial charge is 0.317 e. The second kappa shape index (κ2) is 4.57. The molecule has 4 aliphatic rings. The molecule has 1 unspecified atom stereocenters. The first-order valence-electron chi connectivity index (χ1n) is 7.90. The third kappa shape index (κ3) is 2.28. The number of hydrogen-bond donors (Lipinski definition) is 1. The molecule has 4 aliphatic carbocycles. The molecule has 1 N–H and O–H groups in total. The lowest BCUT2D eigenvalue weighted by molar-refractivity contribution is -0.0620. The predicted molar refractivity (Wildman–Crippen MR) is 73.0 cm³/mol. The molecule has 0 spiro atoms. The van der Waals surface area contributed by atoms with Crippen molar-refractivity contribution in [3.8, 4) is 0 Å². The second-order valence-electron chi connectivity index (χ2n) is 7.40. The molecule has 0 heterocycles. The van der Waals surface area contributed by atoms with Gasteiger partial charge in [0.2, 0.25) is 0 Å². The Kier molecular flexibility index (Phi) is 3.23. The van der Waals surface area contributed by atoms with Crippen LogP contribution in [0.5, 0.6) is 0 Å². The maximum atomic E-state index is 3.58. The molecular weight excluding hydrogens is 206 g/mol. The van der Waals surface area contributed by atoms with Crippen molar-refractivity contribution in [2.45, 2.75) is 70.8 Å². The van der Waals surface area contributed by atoms with Gasteiger partial charge in [0.15, 0.2) is 0 Å². The van der Waals surface area contributed by atoms with E-state index in [1.54, 1.807) is 38.5 Å². The van der Waals surface area contributed by atoms with Gasteiger partial charge in [-0.05, 0) is 81.6 Å². The van der Waals surface area contributed by atoms with Crippen LogP contribution in [0.1, 0.15) is 64.7 Å². The normalized spacial score (nSPS) is 45.2. The topological polar surface area (TPSA) is 12.0 Å². The molecule has 0 radical (unpaired) electrons. The van der Waals surface area contributed by atoms with E-state index in [-0.39, 0.29) is 0 Å². The fourth-order valence-corrected chi connectivity index (χ4v) is 5.76. The average molecular weight is 235 g/mol. The van der Waals surface area contributed by atoms with Gasteiger partial charge in [-0.15, -0.1) is 0 Å². The van der Waals surface area contributed by atoms with Gasteiger partial charge in [-0.3, -0.25) is 0 Å². The molecule has 4 fully saturated rings. The smallest absolute Gasteiger partial charge is 0.00692 e. The molecule has 4 bridgehead atoms. The zero-order valence-electron chi connectivity index (χ0n) is 11.7. The zero-order valence-corrected chi connectivity index (χ0v) is 11.7. The van der Waals surface area contributed by atoms with Gasteiger partial charge in [0.1, 0.15) is 0 Å². The third-order valence-electron chi connectivity index (χ3n) is 5.89. The van der Waals surface area contributed by atoms with E-state index in [1.165, 1.54) is 19.3 Å². The Morgan fingerprint density at radius 2 is 1.59 bits per heavy atom. The Labute approximate surface area is 107 Å². The van der Waals surface area contributed by atoms with Gasteiger partial charge in [-0.2, -0.15) is 0 Å². The number of nitrogens with one attached hydrogen (secondary N) is 1. The van der Waals surface area contributed by atoms with Gasteiger partial charge in [0.05, 0.1) is 0 Å². The standard InChI is InChI=1S/C16H29N/c1-3-4-15(17-2)11-16-8-12-5-13(9-16)7-14(6-12)10-16/h12-15,17H,3-11H2,1-2H3. The Morgan fingerprint density at radius 1 is 1.06 bits per heavy atom. The SMILES string of the molecule is CCCC(CC12CC3CC(CC(C3)C1)C2)NC. The van der Waals surface area contributed by atoms with Crippen molar-refractivity contribution in [3.63, 3.8) is 0 Å². The van der Waals surface area contributed by atoms with Crippen molar-refractivity contribution in [2.24, 2.45) is 23.2 Å². The lowest BCUT2D eigenvalue weighted by atomic mass is 9.48. The molecule has 0 saturated heterocycles. The summed E-state index contributed by atoms with van der Waals surface area (Å²) in [5.41, 5.74) is 0.762. The molecule has 0 amide bonds. The zero-order chi connectivity index (χ0) is 11.9. The van der Waals surface area contributed by atoms with Crippen LogP contribution in [-0.4, -0.2) is 13.1 Å². The van der Waals surface area contributed by atoms with Gasteiger partial charge in [-0.1, -0.05) is 13.3 Å². The van der Waals surface area contributed by atoms with Gasteiger partial charge in [-0.25, -0.2) is 0 Å². The minimum absolute atomic E-state index is 0.762. The van der Waals surface area contributed by atoms with E-state index >= 15 is 0 Å². The number of hydrogen-bond acceptors (Lipinski definition) is 1. The van der Waals surface area contributed by atoms with Crippen LogP contribution in [0.15, 0.2) is 0 Å². The summed E-state index contributed by atoms with van der Waals surface area (Å²) in [5.74, 6) is 3.33. The first kappa shape index (κ1) is 12.0. The van der Waals surface area contributed by atoms with Crippen molar-refractivity contribution in [3.05, 3.63) is 0 Å². The Balaban J connectivity index is 1.69. The third-order valence-corrected chi connectivity index (χ3v) is 5.89. The summed E-state index contributed by atoms with van der Waals surface area (Å²) in [6, 6.07) is 0.788. The lowest BCUT2D eigenvalue weighted by Gasteiger charge is -2.57. The highest BCUT2D eigenvalue weighted by atomic mass is 14.9. The molecule has 1 nitrogen and oxygen atoms in total. The molecule has 1 atom stereocenters. The monoisotopic (exact) mass is 235 g/mol. The quantitative estimate of drug-likeness (QED) is 0.760. The maximum Gasteiger partial charge on any atom is 0.00692 e. The lowest BCUT2D eigenvalue weighted by Crippen LogP contribution is -2.48. The minimum Gasteiger partial charge on any atom is -0.317 e. The molecule has 0 aliphatic heterocycles. The van der Waals surface area contributed by atoms with Crippen LogP contribution in [0.25, 0.3) is 0 Å². The van der Waals surface area contributed by atoms with Crippen LogP contribution >= 0.6 is 0 Å².